The summed E-state index contributed by atoms with van der Waals surface area (Å²) in [6, 6.07) is 8.79. The molecule has 0 saturated carbocycles. The Balaban J connectivity index is 1.52. The van der Waals surface area contributed by atoms with Gasteiger partial charge in [-0.3, -0.25) is 9.89 Å². The molecule has 1 aliphatic rings. The van der Waals surface area contributed by atoms with Crippen molar-refractivity contribution in [2.75, 3.05) is 60.2 Å². The van der Waals surface area contributed by atoms with Crippen LogP contribution in [0.4, 0.5) is 0 Å². The van der Waals surface area contributed by atoms with E-state index in [9.17, 15) is 0 Å². The smallest absolute Gasteiger partial charge is 0.190 e. The molecule has 0 radical (unpaired) electrons. The lowest BCUT2D eigenvalue weighted by molar-refractivity contribution is 0.0698. The number of aliphatic imine (C=N–C) groups is 1. The fourth-order valence-corrected chi connectivity index (χ4v) is 3.10. The molecule has 1 aromatic rings. The summed E-state index contributed by atoms with van der Waals surface area (Å²) in [5, 5.41) is 6.72. The Bertz CT molecular complexity index is 536. The Morgan fingerprint density at radius 2 is 1.85 bits per heavy atom. The van der Waals surface area contributed by atoms with Gasteiger partial charge >= 0.3 is 0 Å². The molecule has 26 heavy (non-hydrogen) atoms. The van der Waals surface area contributed by atoms with E-state index in [0.717, 1.165) is 58.1 Å². The molecule has 0 atom stereocenters. The molecule has 2 N–H and O–H groups in total. The lowest BCUT2D eigenvalue weighted by Gasteiger charge is -2.28. The van der Waals surface area contributed by atoms with Gasteiger partial charge in [-0.2, -0.15) is 0 Å². The Hall–Kier alpha value is -1.63. The second-order valence-corrected chi connectivity index (χ2v) is 6.53. The van der Waals surface area contributed by atoms with E-state index in [4.69, 9.17) is 9.47 Å². The summed E-state index contributed by atoms with van der Waals surface area (Å²) < 4.78 is 10.4. The van der Waals surface area contributed by atoms with Gasteiger partial charge < -0.3 is 20.1 Å². The first-order valence-corrected chi connectivity index (χ1v) is 9.64. The van der Waals surface area contributed by atoms with Crippen LogP contribution in [0.5, 0.6) is 0 Å². The number of rotatable bonds is 11. The molecule has 6 heteroatoms. The summed E-state index contributed by atoms with van der Waals surface area (Å²) in [4.78, 5) is 6.81. The topological polar surface area (TPSA) is 58.1 Å². The average Bonchev–Trinajstić information content (AvgIpc) is 2.68. The van der Waals surface area contributed by atoms with Crippen molar-refractivity contribution in [3.63, 3.8) is 0 Å². The third-order valence-electron chi connectivity index (χ3n) is 4.57. The van der Waals surface area contributed by atoms with Crippen molar-refractivity contribution >= 4 is 5.96 Å². The van der Waals surface area contributed by atoms with Crippen molar-refractivity contribution in [1.82, 2.24) is 15.5 Å². The first kappa shape index (κ1) is 20.7. The maximum atomic E-state index is 5.45. The summed E-state index contributed by atoms with van der Waals surface area (Å²) in [6.45, 7) is 7.19. The second kappa shape index (κ2) is 12.7. The minimum Gasteiger partial charge on any atom is -0.382 e. The van der Waals surface area contributed by atoms with Crippen LogP contribution in [0.3, 0.4) is 0 Å². The number of nitrogens with zero attached hydrogens (tertiary/aromatic N) is 2. The molecule has 0 saturated heterocycles. The van der Waals surface area contributed by atoms with Gasteiger partial charge in [0.1, 0.15) is 0 Å². The van der Waals surface area contributed by atoms with Crippen molar-refractivity contribution in [2.24, 2.45) is 4.99 Å². The number of guanidine groups is 1. The first-order valence-electron chi connectivity index (χ1n) is 9.64. The average molecular weight is 363 g/mol. The molecule has 0 spiro atoms. The lowest BCUT2D eigenvalue weighted by atomic mass is 10.00. The molecule has 0 bridgehead atoms. The van der Waals surface area contributed by atoms with Crippen molar-refractivity contribution in [3.05, 3.63) is 35.4 Å². The highest BCUT2D eigenvalue weighted by Crippen LogP contribution is 2.18. The Labute approximate surface area is 158 Å². The molecule has 0 amide bonds. The Morgan fingerprint density at radius 1 is 1.08 bits per heavy atom. The maximum Gasteiger partial charge on any atom is 0.190 e. The fraction of sp³-hybridized carbons (Fsp3) is 0.650. The molecule has 2 rings (SSSR count). The number of nitrogens with one attached hydrogen (secondary N) is 2. The van der Waals surface area contributed by atoms with Crippen molar-refractivity contribution in [2.45, 2.75) is 25.8 Å². The first-order chi connectivity index (χ1) is 12.8. The zero-order valence-electron chi connectivity index (χ0n) is 16.3. The number of fused-ring (bicyclic) bond motifs is 1. The van der Waals surface area contributed by atoms with Crippen LogP contribution in [0.1, 0.15) is 24.0 Å². The third kappa shape index (κ3) is 7.72. The Morgan fingerprint density at radius 3 is 2.62 bits per heavy atom. The Kier molecular flexibility index (Phi) is 10.1. The summed E-state index contributed by atoms with van der Waals surface area (Å²) in [5.41, 5.74) is 2.99. The predicted octanol–water partition coefficient (Wildman–Crippen LogP) is 1.65. The molecular formula is C20H34N4O2. The molecule has 0 aromatic heterocycles. The highest BCUT2D eigenvalue weighted by atomic mass is 16.5. The zero-order valence-corrected chi connectivity index (χ0v) is 16.3. The third-order valence-corrected chi connectivity index (χ3v) is 4.57. The van der Waals surface area contributed by atoms with Gasteiger partial charge in [0.2, 0.25) is 0 Å². The van der Waals surface area contributed by atoms with E-state index < -0.39 is 0 Å². The van der Waals surface area contributed by atoms with Crippen molar-refractivity contribution in [1.29, 1.82) is 0 Å². The van der Waals surface area contributed by atoms with Crippen LogP contribution in [0, 0.1) is 0 Å². The molecule has 6 nitrogen and oxygen atoms in total. The number of benzene rings is 1. The molecular weight excluding hydrogens is 328 g/mol. The summed E-state index contributed by atoms with van der Waals surface area (Å²) in [6.07, 6.45) is 3.24. The van der Waals surface area contributed by atoms with Crippen LogP contribution in [-0.4, -0.2) is 71.0 Å². The number of ether oxygens (including phenoxy) is 2. The molecule has 0 aliphatic carbocycles. The largest absolute Gasteiger partial charge is 0.382 e. The van der Waals surface area contributed by atoms with Gasteiger partial charge in [-0.25, -0.2) is 0 Å². The van der Waals surface area contributed by atoms with Gasteiger partial charge in [0.25, 0.3) is 0 Å². The molecule has 146 valence electrons. The van der Waals surface area contributed by atoms with E-state index >= 15 is 0 Å². The van der Waals surface area contributed by atoms with Crippen LogP contribution in [-0.2, 0) is 22.4 Å². The summed E-state index contributed by atoms with van der Waals surface area (Å²) >= 11 is 0. The van der Waals surface area contributed by atoms with Gasteiger partial charge in [0.15, 0.2) is 5.96 Å². The van der Waals surface area contributed by atoms with Gasteiger partial charge in [-0.1, -0.05) is 24.3 Å². The molecule has 1 heterocycles. The quantitative estimate of drug-likeness (QED) is 0.356. The summed E-state index contributed by atoms with van der Waals surface area (Å²) in [5.74, 6) is 0.867. The van der Waals surface area contributed by atoms with Crippen LogP contribution in [0.2, 0.25) is 0 Å². The van der Waals surface area contributed by atoms with Gasteiger partial charge in [0.05, 0.1) is 13.2 Å². The number of hydrogen-bond acceptors (Lipinski definition) is 4. The molecule has 1 aliphatic heterocycles. The van der Waals surface area contributed by atoms with Crippen LogP contribution in [0.15, 0.2) is 29.3 Å². The number of hydrogen-bond donors (Lipinski definition) is 2. The molecule has 0 unspecified atom stereocenters. The molecule has 0 fully saturated rings. The molecule has 1 aromatic carbocycles. The van der Waals surface area contributed by atoms with Gasteiger partial charge in [0, 0.05) is 53.5 Å². The predicted molar refractivity (Wildman–Crippen MR) is 107 cm³/mol. The standard InChI is InChI=1S/C20H34N4O2/c1-21-20(23-11-6-14-26-16-15-25-2)22-10-5-12-24-13-9-18-7-3-4-8-19(18)17-24/h3-4,7-8H,5-6,9-17H2,1-2H3,(H2,21,22,23). The van der Waals surface area contributed by atoms with E-state index in [0.29, 0.717) is 13.2 Å². The van der Waals surface area contributed by atoms with Crippen molar-refractivity contribution in [3.8, 4) is 0 Å². The lowest BCUT2D eigenvalue weighted by Crippen LogP contribution is -2.39. The van der Waals surface area contributed by atoms with Crippen LogP contribution < -0.4 is 10.6 Å². The fourth-order valence-electron chi connectivity index (χ4n) is 3.10. The van der Waals surface area contributed by atoms with Crippen molar-refractivity contribution < 1.29 is 9.47 Å². The maximum absolute atomic E-state index is 5.45. The van der Waals surface area contributed by atoms with E-state index in [1.165, 1.54) is 17.5 Å². The zero-order chi connectivity index (χ0) is 18.5. The normalized spacial score (nSPS) is 14.9. The van der Waals surface area contributed by atoms with Crippen LogP contribution in [0.25, 0.3) is 0 Å². The number of methoxy groups -OCH3 is 1. The highest BCUT2D eigenvalue weighted by Gasteiger charge is 2.14. The minimum absolute atomic E-state index is 0.652. The van der Waals surface area contributed by atoms with Gasteiger partial charge in [-0.05, 0) is 30.4 Å². The van der Waals surface area contributed by atoms with Gasteiger partial charge in [-0.15, -0.1) is 0 Å². The highest BCUT2D eigenvalue weighted by molar-refractivity contribution is 5.79. The second-order valence-electron chi connectivity index (χ2n) is 6.53. The van der Waals surface area contributed by atoms with E-state index in [1.54, 1.807) is 7.11 Å². The minimum atomic E-state index is 0.652. The summed E-state index contributed by atoms with van der Waals surface area (Å²) in [7, 11) is 3.50. The van der Waals surface area contributed by atoms with E-state index in [-0.39, 0.29) is 0 Å². The van der Waals surface area contributed by atoms with E-state index in [2.05, 4.69) is 44.8 Å². The monoisotopic (exact) mass is 362 g/mol. The van der Waals surface area contributed by atoms with Crippen LogP contribution >= 0.6 is 0 Å². The van der Waals surface area contributed by atoms with E-state index in [1.807, 2.05) is 7.05 Å². The SMILES string of the molecule is CN=C(NCCCOCCOC)NCCCN1CCc2ccccc2C1.